The molecule has 0 atom stereocenters. The molecule has 0 bridgehead atoms. The van der Waals surface area contributed by atoms with Crippen LogP contribution in [0.3, 0.4) is 0 Å². The summed E-state index contributed by atoms with van der Waals surface area (Å²) in [5.74, 6) is -1.76. The molecule has 0 unspecified atom stereocenters. The summed E-state index contributed by atoms with van der Waals surface area (Å²) < 4.78 is 45.7. The monoisotopic (exact) mass is 289 g/mol. The van der Waals surface area contributed by atoms with Crippen molar-refractivity contribution in [2.24, 2.45) is 4.99 Å². The Morgan fingerprint density at radius 2 is 1.80 bits per heavy atom. The number of carbonyl (C=O) groups excluding carboxylic acids is 2. The smallest absolute Gasteiger partial charge is 0.440 e. The Morgan fingerprint density at radius 3 is 2.30 bits per heavy atom. The summed E-state index contributed by atoms with van der Waals surface area (Å²) in [6.45, 7) is -0.254. The number of alkyl halides is 3. The van der Waals surface area contributed by atoms with Crippen molar-refractivity contribution in [2.75, 3.05) is 7.11 Å². The van der Waals surface area contributed by atoms with E-state index in [4.69, 9.17) is 0 Å². The maximum absolute atomic E-state index is 12.4. The molecule has 0 N–H and O–H groups in total. The third-order valence-electron chi connectivity index (χ3n) is 2.06. The van der Waals surface area contributed by atoms with E-state index in [1.807, 2.05) is 0 Å². The summed E-state index contributed by atoms with van der Waals surface area (Å²) in [5.41, 5.74) is -1.39. The predicted octanol–water partition coefficient (Wildman–Crippen LogP) is 2.50. The maximum atomic E-state index is 12.4. The minimum absolute atomic E-state index is 0.254. The molecule has 8 heteroatoms. The number of amides is 1. The molecule has 0 aromatic heterocycles. The van der Waals surface area contributed by atoms with Gasteiger partial charge in [0, 0.05) is 0 Å². The van der Waals surface area contributed by atoms with Gasteiger partial charge in [0.2, 0.25) is 5.71 Å². The largest absolute Gasteiger partial charge is 0.464 e. The van der Waals surface area contributed by atoms with E-state index in [0.29, 0.717) is 5.56 Å². The molecule has 0 fully saturated rings. The molecule has 1 aromatic carbocycles. The number of hydrogen-bond acceptors (Lipinski definition) is 4. The molecule has 0 saturated heterocycles. The van der Waals surface area contributed by atoms with Crippen molar-refractivity contribution in [1.29, 1.82) is 0 Å². The zero-order chi connectivity index (χ0) is 15.2. The molecule has 1 aromatic rings. The van der Waals surface area contributed by atoms with E-state index in [1.54, 1.807) is 30.3 Å². The second-order valence-corrected chi connectivity index (χ2v) is 3.49. The summed E-state index contributed by atoms with van der Waals surface area (Å²) in [4.78, 5) is 24.7. The van der Waals surface area contributed by atoms with Crippen LogP contribution in [-0.2, 0) is 20.9 Å². The number of carbonyl (C=O) groups is 2. The molecular formula is C12H10F3NO4. The van der Waals surface area contributed by atoms with E-state index < -0.39 is 24.0 Å². The van der Waals surface area contributed by atoms with Crippen LogP contribution in [0.15, 0.2) is 35.3 Å². The maximum Gasteiger partial charge on any atom is 0.440 e. The number of benzene rings is 1. The highest BCUT2D eigenvalue weighted by molar-refractivity contribution is 6.40. The predicted molar refractivity (Wildman–Crippen MR) is 62.1 cm³/mol. The van der Waals surface area contributed by atoms with Crippen LogP contribution in [0.5, 0.6) is 0 Å². The lowest BCUT2D eigenvalue weighted by atomic mass is 10.2. The number of rotatable bonds is 3. The lowest BCUT2D eigenvalue weighted by Gasteiger charge is -2.08. The van der Waals surface area contributed by atoms with Gasteiger partial charge in [0.25, 0.3) is 0 Å². The molecule has 0 radical (unpaired) electrons. The highest BCUT2D eigenvalue weighted by atomic mass is 19.4. The number of nitrogens with zero attached hydrogens (tertiary/aromatic N) is 1. The van der Waals surface area contributed by atoms with Gasteiger partial charge in [-0.25, -0.2) is 9.59 Å². The molecule has 0 spiro atoms. The Hall–Kier alpha value is -2.38. The van der Waals surface area contributed by atoms with E-state index in [2.05, 4.69) is 14.5 Å². The summed E-state index contributed by atoms with van der Waals surface area (Å²) in [6, 6.07) is 8.29. The van der Waals surface area contributed by atoms with Gasteiger partial charge in [-0.3, -0.25) is 0 Å². The molecule has 5 nitrogen and oxygen atoms in total. The summed E-state index contributed by atoms with van der Waals surface area (Å²) >= 11 is 0. The first-order chi connectivity index (χ1) is 9.34. The molecule has 0 heterocycles. The van der Waals surface area contributed by atoms with E-state index >= 15 is 0 Å². The lowest BCUT2D eigenvalue weighted by molar-refractivity contribution is -0.137. The fraction of sp³-hybridized carbons (Fsp3) is 0.250. The Bertz CT molecular complexity index is 511. The first-order valence-corrected chi connectivity index (χ1v) is 5.29. The Kier molecular flexibility index (Phi) is 5.24. The van der Waals surface area contributed by atoms with Crippen molar-refractivity contribution in [1.82, 2.24) is 0 Å². The number of aliphatic imine (C=N–C) groups is 1. The van der Waals surface area contributed by atoms with Gasteiger partial charge in [-0.2, -0.15) is 18.2 Å². The molecule has 1 rings (SSSR count). The Morgan fingerprint density at radius 1 is 1.20 bits per heavy atom. The highest BCUT2D eigenvalue weighted by Gasteiger charge is 2.42. The highest BCUT2D eigenvalue weighted by Crippen LogP contribution is 2.18. The Labute approximate surface area is 112 Å². The van der Waals surface area contributed by atoms with E-state index in [-0.39, 0.29) is 6.61 Å². The van der Waals surface area contributed by atoms with Crippen LogP contribution in [0, 0.1) is 0 Å². The third kappa shape index (κ3) is 4.71. The molecular weight excluding hydrogens is 279 g/mol. The lowest BCUT2D eigenvalue weighted by Crippen LogP contribution is -2.33. The van der Waals surface area contributed by atoms with Crippen molar-refractivity contribution in [3.05, 3.63) is 35.9 Å². The SMILES string of the molecule is COC(=O)/C(=N/C(=O)OCc1ccccc1)C(F)(F)F. The second kappa shape index (κ2) is 6.69. The van der Waals surface area contributed by atoms with Crippen molar-refractivity contribution in [2.45, 2.75) is 12.8 Å². The van der Waals surface area contributed by atoms with Gasteiger partial charge in [-0.1, -0.05) is 30.3 Å². The normalized spacial score (nSPS) is 11.9. The van der Waals surface area contributed by atoms with Crippen molar-refractivity contribution >= 4 is 17.8 Å². The van der Waals surface area contributed by atoms with Crippen LogP contribution in [-0.4, -0.2) is 31.1 Å². The standard InChI is InChI=1S/C12H10F3NO4/c1-19-10(17)9(12(13,14)15)16-11(18)20-7-8-5-3-2-4-6-8/h2-6H,7H2,1H3/b16-9-. The van der Waals surface area contributed by atoms with Gasteiger partial charge in [0.1, 0.15) is 6.61 Å². The van der Waals surface area contributed by atoms with E-state index in [9.17, 15) is 22.8 Å². The van der Waals surface area contributed by atoms with Crippen LogP contribution in [0.1, 0.15) is 5.56 Å². The van der Waals surface area contributed by atoms with Gasteiger partial charge in [0.15, 0.2) is 0 Å². The zero-order valence-electron chi connectivity index (χ0n) is 10.3. The average molecular weight is 289 g/mol. The molecule has 0 saturated carbocycles. The first kappa shape index (κ1) is 15.7. The molecule has 0 aliphatic heterocycles. The van der Waals surface area contributed by atoms with E-state index in [1.165, 1.54) is 0 Å². The van der Waals surface area contributed by atoms with Gasteiger partial charge in [0.05, 0.1) is 7.11 Å². The zero-order valence-corrected chi connectivity index (χ0v) is 10.3. The Balaban J connectivity index is 2.74. The first-order valence-electron chi connectivity index (χ1n) is 5.29. The van der Waals surface area contributed by atoms with Crippen LogP contribution >= 0.6 is 0 Å². The summed E-state index contributed by atoms with van der Waals surface area (Å²) in [7, 11) is 0.749. The minimum atomic E-state index is -5.10. The number of esters is 1. The van der Waals surface area contributed by atoms with E-state index in [0.717, 1.165) is 7.11 Å². The molecule has 1 amide bonds. The molecule has 108 valence electrons. The van der Waals surface area contributed by atoms with Crippen molar-refractivity contribution in [3.8, 4) is 0 Å². The van der Waals surface area contributed by atoms with Gasteiger partial charge in [-0.15, -0.1) is 0 Å². The molecule has 0 aliphatic carbocycles. The third-order valence-corrected chi connectivity index (χ3v) is 2.06. The van der Waals surface area contributed by atoms with Crippen LogP contribution in [0.4, 0.5) is 18.0 Å². The topological polar surface area (TPSA) is 65.0 Å². The average Bonchev–Trinajstić information content (AvgIpc) is 2.41. The van der Waals surface area contributed by atoms with Crippen LogP contribution < -0.4 is 0 Å². The van der Waals surface area contributed by atoms with Gasteiger partial charge < -0.3 is 9.47 Å². The number of hydrogen-bond donors (Lipinski definition) is 0. The van der Waals surface area contributed by atoms with Crippen LogP contribution in [0.25, 0.3) is 0 Å². The van der Waals surface area contributed by atoms with Gasteiger partial charge >= 0.3 is 18.2 Å². The second-order valence-electron chi connectivity index (χ2n) is 3.49. The number of halogens is 3. The fourth-order valence-electron chi connectivity index (χ4n) is 1.16. The molecule has 0 aliphatic rings. The minimum Gasteiger partial charge on any atom is -0.464 e. The van der Waals surface area contributed by atoms with Crippen LogP contribution in [0.2, 0.25) is 0 Å². The molecule has 20 heavy (non-hydrogen) atoms. The number of methoxy groups -OCH3 is 1. The summed E-state index contributed by atoms with van der Waals surface area (Å²) in [6.07, 6.45) is -6.62. The van der Waals surface area contributed by atoms with Crippen molar-refractivity contribution < 1.29 is 32.2 Å². The number of ether oxygens (including phenoxy) is 2. The fourth-order valence-corrected chi connectivity index (χ4v) is 1.16. The quantitative estimate of drug-likeness (QED) is 0.633. The van der Waals surface area contributed by atoms with Gasteiger partial charge in [-0.05, 0) is 5.56 Å². The summed E-state index contributed by atoms with van der Waals surface area (Å²) in [5, 5.41) is 0. The van der Waals surface area contributed by atoms with Crippen molar-refractivity contribution in [3.63, 3.8) is 0 Å².